The number of aliphatic carboxylic acids is 1. The van der Waals surface area contributed by atoms with Gasteiger partial charge in [-0.1, -0.05) is 12.1 Å². The number of methoxy groups -OCH3 is 1. The number of Topliss-reactive ketones (excluding diaryl/α,β-unsaturated/α-hetero) is 1. The van der Waals surface area contributed by atoms with Crippen LogP contribution >= 0.6 is 0 Å². The molecule has 0 radical (unpaired) electrons. The van der Waals surface area contributed by atoms with Crippen LogP contribution in [0, 0.1) is 5.82 Å². The number of halogens is 1. The summed E-state index contributed by atoms with van der Waals surface area (Å²) in [6, 6.07) is 12.2. The van der Waals surface area contributed by atoms with Gasteiger partial charge in [0.1, 0.15) is 18.1 Å². The van der Waals surface area contributed by atoms with Gasteiger partial charge in [0.15, 0.2) is 5.78 Å². The molecule has 1 amide bonds. The fraction of sp³-hybridized carbons (Fsp3) is 0.286. The van der Waals surface area contributed by atoms with E-state index in [1.807, 2.05) is 0 Å². The third-order valence-corrected chi connectivity index (χ3v) is 4.17. The van der Waals surface area contributed by atoms with E-state index in [2.05, 4.69) is 0 Å². The van der Waals surface area contributed by atoms with Crippen molar-refractivity contribution in [3.05, 3.63) is 65.5 Å². The average molecular weight is 387 g/mol. The molecule has 148 valence electrons. The van der Waals surface area contributed by atoms with Gasteiger partial charge in [0.05, 0.1) is 7.11 Å². The van der Waals surface area contributed by atoms with Gasteiger partial charge in [0.25, 0.3) is 0 Å². The van der Waals surface area contributed by atoms with Crippen molar-refractivity contribution in [2.45, 2.75) is 25.8 Å². The predicted octanol–water partition coefficient (Wildman–Crippen LogP) is 3.30. The van der Waals surface area contributed by atoms with Crippen LogP contribution in [0.1, 0.15) is 35.2 Å². The lowest BCUT2D eigenvalue weighted by Gasteiger charge is -2.21. The number of carboxylic acid groups (broad SMARTS) is 1. The number of carbonyl (C=O) groups excluding carboxylic acids is 2. The van der Waals surface area contributed by atoms with Gasteiger partial charge in [-0.05, 0) is 48.4 Å². The minimum Gasteiger partial charge on any atom is -0.497 e. The standard InChI is InChI=1S/C21H22FNO5/c1-28-18-11-7-16(8-12-18)19(24)3-2-4-20(25)23(14-21(26)27)13-15-5-9-17(22)10-6-15/h5-12H,2-4,13-14H2,1H3,(H,26,27). The normalized spacial score (nSPS) is 10.4. The molecule has 0 aliphatic carbocycles. The Morgan fingerprint density at radius 3 is 2.21 bits per heavy atom. The first kappa shape index (κ1) is 21.1. The Balaban J connectivity index is 1.90. The largest absolute Gasteiger partial charge is 0.497 e. The third-order valence-electron chi connectivity index (χ3n) is 4.17. The van der Waals surface area contributed by atoms with Crippen molar-refractivity contribution < 1.29 is 28.6 Å². The molecule has 1 N–H and O–H groups in total. The van der Waals surface area contributed by atoms with Gasteiger partial charge in [-0.25, -0.2) is 4.39 Å². The topological polar surface area (TPSA) is 83.9 Å². The van der Waals surface area contributed by atoms with Crippen molar-refractivity contribution in [2.75, 3.05) is 13.7 Å². The smallest absolute Gasteiger partial charge is 0.323 e. The van der Waals surface area contributed by atoms with Crippen LogP contribution in [0.2, 0.25) is 0 Å². The molecule has 6 nitrogen and oxygen atoms in total. The maximum Gasteiger partial charge on any atom is 0.323 e. The molecule has 7 heteroatoms. The van der Waals surface area contributed by atoms with Crippen LogP contribution in [-0.2, 0) is 16.1 Å². The molecule has 0 aliphatic heterocycles. The van der Waals surface area contributed by atoms with E-state index < -0.39 is 18.3 Å². The highest BCUT2D eigenvalue weighted by Crippen LogP contribution is 2.15. The number of amides is 1. The summed E-state index contributed by atoms with van der Waals surface area (Å²) < 4.78 is 18.0. The maximum absolute atomic E-state index is 13.0. The first-order valence-corrected chi connectivity index (χ1v) is 8.80. The highest BCUT2D eigenvalue weighted by molar-refractivity contribution is 5.96. The SMILES string of the molecule is COc1ccc(C(=O)CCCC(=O)N(CC(=O)O)Cc2ccc(F)cc2)cc1. The summed E-state index contributed by atoms with van der Waals surface area (Å²) in [5.74, 6) is -1.36. The van der Waals surface area contributed by atoms with Crippen LogP contribution in [0.15, 0.2) is 48.5 Å². The van der Waals surface area contributed by atoms with Gasteiger partial charge >= 0.3 is 5.97 Å². The highest BCUT2D eigenvalue weighted by Gasteiger charge is 2.18. The maximum atomic E-state index is 13.0. The number of rotatable bonds is 10. The molecular weight excluding hydrogens is 365 g/mol. The second-order valence-corrected chi connectivity index (χ2v) is 6.28. The number of ketones is 1. The molecule has 2 rings (SSSR count). The number of carbonyl (C=O) groups is 3. The van der Waals surface area contributed by atoms with E-state index in [9.17, 15) is 18.8 Å². The Morgan fingerprint density at radius 2 is 1.64 bits per heavy atom. The third kappa shape index (κ3) is 6.50. The van der Waals surface area contributed by atoms with Gasteiger partial charge in [0, 0.05) is 24.9 Å². The Hall–Kier alpha value is -3.22. The lowest BCUT2D eigenvalue weighted by Crippen LogP contribution is -2.35. The molecule has 0 atom stereocenters. The number of hydrogen-bond donors (Lipinski definition) is 1. The monoisotopic (exact) mass is 387 g/mol. The summed E-state index contributed by atoms with van der Waals surface area (Å²) in [4.78, 5) is 36.9. The van der Waals surface area contributed by atoms with Crippen LogP contribution in [0.25, 0.3) is 0 Å². The van der Waals surface area contributed by atoms with Crippen molar-refractivity contribution in [1.29, 1.82) is 0 Å². The molecule has 0 fully saturated rings. The molecule has 0 unspecified atom stereocenters. The Kier molecular flexibility index (Phi) is 7.68. The quantitative estimate of drug-likeness (QED) is 0.633. The summed E-state index contributed by atoms with van der Waals surface area (Å²) in [6.45, 7) is -0.388. The van der Waals surface area contributed by atoms with Crippen LogP contribution in [-0.4, -0.2) is 41.3 Å². The molecular formula is C21H22FNO5. The van der Waals surface area contributed by atoms with Gasteiger partial charge < -0.3 is 14.7 Å². The van der Waals surface area contributed by atoms with Crippen LogP contribution < -0.4 is 4.74 Å². The van der Waals surface area contributed by atoms with E-state index in [0.717, 1.165) is 0 Å². The van der Waals surface area contributed by atoms with E-state index in [1.54, 1.807) is 24.3 Å². The summed E-state index contributed by atoms with van der Waals surface area (Å²) >= 11 is 0. The zero-order valence-corrected chi connectivity index (χ0v) is 15.6. The average Bonchev–Trinajstić information content (AvgIpc) is 2.68. The van der Waals surface area contributed by atoms with Crippen molar-refractivity contribution in [3.63, 3.8) is 0 Å². The van der Waals surface area contributed by atoms with Gasteiger partial charge in [-0.15, -0.1) is 0 Å². The predicted molar refractivity (Wildman–Crippen MR) is 101 cm³/mol. The first-order chi connectivity index (χ1) is 13.4. The minimum atomic E-state index is -1.13. The zero-order chi connectivity index (χ0) is 20.5. The van der Waals surface area contributed by atoms with Gasteiger partial charge in [-0.2, -0.15) is 0 Å². The van der Waals surface area contributed by atoms with Crippen LogP contribution in [0.5, 0.6) is 5.75 Å². The minimum absolute atomic E-state index is 0.0520. The molecule has 0 aromatic heterocycles. The summed E-state index contributed by atoms with van der Waals surface area (Å²) in [7, 11) is 1.54. The molecule has 0 saturated heterocycles. The van der Waals surface area contributed by atoms with Crippen LogP contribution in [0.3, 0.4) is 0 Å². The number of hydrogen-bond acceptors (Lipinski definition) is 4. The van der Waals surface area contributed by atoms with Crippen molar-refractivity contribution in [1.82, 2.24) is 4.90 Å². The Labute approximate surface area is 162 Å². The molecule has 0 bridgehead atoms. The number of nitrogens with zero attached hydrogens (tertiary/aromatic N) is 1. The van der Waals surface area contributed by atoms with Crippen molar-refractivity contribution in [2.24, 2.45) is 0 Å². The van der Waals surface area contributed by atoms with E-state index in [1.165, 1.54) is 36.3 Å². The van der Waals surface area contributed by atoms with Gasteiger partial charge in [-0.3, -0.25) is 14.4 Å². The Morgan fingerprint density at radius 1 is 1.00 bits per heavy atom. The van der Waals surface area contributed by atoms with Crippen LogP contribution in [0.4, 0.5) is 4.39 Å². The second kappa shape index (κ2) is 10.2. The molecule has 0 spiro atoms. The van der Waals surface area contributed by atoms with E-state index in [0.29, 0.717) is 23.3 Å². The fourth-order valence-corrected chi connectivity index (χ4v) is 2.69. The molecule has 0 aliphatic rings. The lowest BCUT2D eigenvalue weighted by molar-refractivity contribution is -0.144. The molecule has 0 heterocycles. The number of carboxylic acids is 1. The number of ether oxygens (including phenoxy) is 1. The molecule has 28 heavy (non-hydrogen) atoms. The zero-order valence-electron chi connectivity index (χ0n) is 15.6. The fourth-order valence-electron chi connectivity index (χ4n) is 2.69. The summed E-state index contributed by atoms with van der Waals surface area (Å²) in [5, 5.41) is 9.04. The van der Waals surface area contributed by atoms with E-state index in [-0.39, 0.29) is 31.1 Å². The molecule has 0 saturated carbocycles. The summed E-state index contributed by atoms with van der Waals surface area (Å²) in [6.07, 6.45) is 0.537. The van der Waals surface area contributed by atoms with E-state index >= 15 is 0 Å². The first-order valence-electron chi connectivity index (χ1n) is 8.80. The number of benzene rings is 2. The lowest BCUT2D eigenvalue weighted by atomic mass is 10.0. The second-order valence-electron chi connectivity index (χ2n) is 6.28. The highest BCUT2D eigenvalue weighted by atomic mass is 19.1. The summed E-state index contributed by atoms with van der Waals surface area (Å²) in [5.41, 5.74) is 1.16. The Bertz CT molecular complexity index is 818. The molecule has 2 aromatic rings. The van der Waals surface area contributed by atoms with Gasteiger partial charge in [0.2, 0.25) is 5.91 Å². The van der Waals surface area contributed by atoms with E-state index in [4.69, 9.17) is 9.84 Å². The molecule has 2 aromatic carbocycles. The van der Waals surface area contributed by atoms with Crippen molar-refractivity contribution >= 4 is 17.7 Å². The van der Waals surface area contributed by atoms with Crippen molar-refractivity contribution in [3.8, 4) is 5.75 Å².